The molecule has 0 aromatic heterocycles. The standard InChI is InChI=1S/C11H22N2O/c1-5-10(4)13-8-11(14)12-7-6-9(2)3/h5,9-10,13H,1,6-8H2,2-4H3,(H,12,14). The normalized spacial score (nSPS) is 12.6. The maximum absolute atomic E-state index is 11.2. The molecule has 0 radical (unpaired) electrons. The minimum absolute atomic E-state index is 0.0550. The highest BCUT2D eigenvalue weighted by atomic mass is 16.1. The molecule has 82 valence electrons. The summed E-state index contributed by atoms with van der Waals surface area (Å²) in [5, 5.41) is 5.90. The zero-order chi connectivity index (χ0) is 11.0. The Morgan fingerprint density at radius 3 is 2.57 bits per heavy atom. The SMILES string of the molecule is C=CC(C)NCC(=O)NCCC(C)C. The molecule has 0 saturated carbocycles. The third-order valence-corrected chi connectivity index (χ3v) is 1.98. The van der Waals surface area contributed by atoms with Gasteiger partial charge >= 0.3 is 0 Å². The molecule has 3 nitrogen and oxygen atoms in total. The van der Waals surface area contributed by atoms with Crippen LogP contribution in [0.15, 0.2) is 12.7 Å². The minimum Gasteiger partial charge on any atom is -0.355 e. The van der Waals surface area contributed by atoms with E-state index >= 15 is 0 Å². The second kappa shape index (κ2) is 7.56. The van der Waals surface area contributed by atoms with Crippen LogP contribution in [0.3, 0.4) is 0 Å². The van der Waals surface area contributed by atoms with Crippen LogP contribution in [0.2, 0.25) is 0 Å². The molecule has 2 N–H and O–H groups in total. The van der Waals surface area contributed by atoms with Gasteiger partial charge in [0.05, 0.1) is 6.54 Å². The lowest BCUT2D eigenvalue weighted by molar-refractivity contribution is -0.120. The lowest BCUT2D eigenvalue weighted by Gasteiger charge is -2.10. The van der Waals surface area contributed by atoms with Gasteiger partial charge in [-0.3, -0.25) is 4.79 Å². The fourth-order valence-corrected chi connectivity index (χ4v) is 0.900. The van der Waals surface area contributed by atoms with E-state index in [2.05, 4.69) is 31.1 Å². The molecule has 0 rings (SSSR count). The van der Waals surface area contributed by atoms with Crippen molar-refractivity contribution in [3.05, 3.63) is 12.7 Å². The highest BCUT2D eigenvalue weighted by molar-refractivity contribution is 5.77. The summed E-state index contributed by atoms with van der Waals surface area (Å²) < 4.78 is 0. The molecule has 0 fully saturated rings. The Morgan fingerprint density at radius 2 is 2.07 bits per heavy atom. The molecule has 0 aliphatic rings. The molecule has 0 aromatic carbocycles. The molecule has 0 aliphatic carbocycles. The van der Waals surface area contributed by atoms with Crippen molar-refractivity contribution >= 4 is 5.91 Å². The van der Waals surface area contributed by atoms with Gasteiger partial charge < -0.3 is 10.6 Å². The van der Waals surface area contributed by atoms with Gasteiger partial charge in [0.1, 0.15) is 0 Å². The quantitative estimate of drug-likeness (QED) is 0.606. The average Bonchev–Trinajstić information content (AvgIpc) is 2.13. The molecule has 0 spiro atoms. The molecular weight excluding hydrogens is 176 g/mol. The highest BCUT2D eigenvalue weighted by Crippen LogP contribution is 1.95. The van der Waals surface area contributed by atoms with Crippen LogP contribution in [0.5, 0.6) is 0 Å². The fraction of sp³-hybridized carbons (Fsp3) is 0.727. The van der Waals surface area contributed by atoms with Crippen molar-refractivity contribution in [2.45, 2.75) is 33.2 Å². The molecule has 1 unspecified atom stereocenters. The van der Waals surface area contributed by atoms with E-state index < -0.39 is 0 Å². The highest BCUT2D eigenvalue weighted by Gasteiger charge is 2.02. The molecule has 0 aliphatic heterocycles. The Balaban J connectivity index is 3.41. The van der Waals surface area contributed by atoms with Crippen LogP contribution < -0.4 is 10.6 Å². The number of hydrogen-bond acceptors (Lipinski definition) is 2. The first-order valence-corrected chi connectivity index (χ1v) is 5.19. The first kappa shape index (κ1) is 13.2. The van der Waals surface area contributed by atoms with Crippen molar-refractivity contribution in [3.8, 4) is 0 Å². The number of carbonyl (C=O) groups excluding carboxylic acids is 1. The van der Waals surface area contributed by atoms with Gasteiger partial charge in [-0.05, 0) is 19.3 Å². The Labute approximate surface area is 87.0 Å². The summed E-state index contributed by atoms with van der Waals surface area (Å²) in [4.78, 5) is 11.2. The number of nitrogens with one attached hydrogen (secondary N) is 2. The van der Waals surface area contributed by atoms with E-state index in [0.717, 1.165) is 13.0 Å². The van der Waals surface area contributed by atoms with E-state index in [9.17, 15) is 4.79 Å². The summed E-state index contributed by atoms with van der Waals surface area (Å²) in [7, 11) is 0. The largest absolute Gasteiger partial charge is 0.355 e. The van der Waals surface area contributed by atoms with E-state index in [4.69, 9.17) is 0 Å². The molecule has 1 amide bonds. The van der Waals surface area contributed by atoms with Crippen molar-refractivity contribution in [3.63, 3.8) is 0 Å². The minimum atomic E-state index is 0.0550. The van der Waals surface area contributed by atoms with Gasteiger partial charge in [0, 0.05) is 12.6 Å². The molecule has 0 aromatic rings. The molecule has 3 heteroatoms. The van der Waals surface area contributed by atoms with Gasteiger partial charge in [-0.1, -0.05) is 19.9 Å². The average molecular weight is 198 g/mol. The summed E-state index contributed by atoms with van der Waals surface area (Å²) in [5.74, 6) is 0.690. The molecule has 14 heavy (non-hydrogen) atoms. The van der Waals surface area contributed by atoms with Crippen molar-refractivity contribution < 1.29 is 4.79 Å². The predicted octanol–water partition coefficient (Wildman–Crippen LogP) is 1.31. The number of carbonyl (C=O) groups is 1. The number of amides is 1. The van der Waals surface area contributed by atoms with Gasteiger partial charge in [-0.25, -0.2) is 0 Å². The maximum Gasteiger partial charge on any atom is 0.233 e. The van der Waals surface area contributed by atoms with Crippen molar-refractivity contribution in [1.82, 2.24) is 10.6 Å². The van der Waals surface area contributed by atoms with Crippen LogP contribution in [0.25, 0.3) is 0 Å². The summed E-state index contributed by atoms with van der Waals surface area (Å²) in [6.07, 6.45) is 2.81. The second-order valence-electron chi connectivity index (χ2n) is 3.94. The first-order chi connectivity index (χ1) is 6.56. The van der Waals surface area contributed by atoms with E-state index in [1.54, 1.807) is 6.08 Å². The van der Waals surface area contributed by atoms with Crippen LogP contribution in [-0.4, -0.2) is 25.0 Å². The monoisotopic (exact) mass is 198 g/mol. The Morgan fingerprint density at radius 1 is 1.43 bits per heavy atom. The lowest BCUT2D eigenvalue weighted by atomic mass is 10.1. The van der Waals surface area contributed by atoms with E-state index in [1.165, 1.54) is 0 Å². The summed E-state index contributed by atoms with van der Waals surface area (Å²) in [5.41, 5.74) is 0. The Hall–Kier alpha value is -0.830. The third kappa shape index (κ3) is 7.80. The lowest BCUT2D eigenvalue weighted by Crippen LogP contribution is -2.37. The van der Waals surface area contributed by atoms with Crippen molar-refractivity contribution in [2.24, 2.45) is 5.92 Å². The van der Waals surface area contributed by atoms with Gasteiger partial charge in [-0.2, -0.15) is 0 Å². The predicted molar refractivity (Wildman–Crippen MR) is 60.1 cm³/mol. The van der Waals surface area contributed by atoms with Crippen molar-refractivity contribution in [1.29, 1.82) is 0 Å². The smallest absolute Gasteiger partial charge is 0.233 e. The van der Waals surface area contributed by atoms with Crippen molar-refractivity contribution in [2.75, 3.05) is 13.1 Å². The summed E-state index contributed by atoms with van der Waals surface area (Å²) in [6, 6.07) is 0.186. The zero-order valence-corrected chi connectivity index (χ0v) is 9.47. The summed E-state index contributed by atoms with van der Waals surface area (Å²) in [6.45, 7) is 11.0. The molecule has 0 bridgehead atoms. The molecule has 0 heterocycles. The van der Waals surface area contributed by atoms with Gasteiger partial charge in [0.2, 0.25) is 5.91 Å². The molecule has 1 atom stereocenters. The first-order valence-electron chi connectivity index (χ1n) is 5.19. The third-order valence-electron chi connectivity index (χ3n) is 1.98. The van der Waals surface area contributed by atoms with Gasteiger partial charge in [0.15, 0.2) is 0 Å². The topological polar surface area (TPSA) is 41.1 Å². The van der Waals surface area contributed by atoms with Crippen LogP contribution in [-0.2, 0) is 4.79 Å². The van der Waals surface area contributed by atoms with Crippen LogP contribution in [0.1, 0.15) is 27.2 Å². The molecular formula is C11H22N2O. The van der Waals surface area contributed by atoms with Crippen LogP contribution in [0, 0.1) is 5.92 Å². The van der Waals surface area contributed by atoms with E-state index in [0.29, 0.717) is 12.5 Å². The Kier molecular flexibility index (Phi) is 7.11. The van der Waals surface area contributed by atoms with E-state index in [-0.39, 0.29) is 11.9 Å². The Bertz CT molecular complexity index is 178. The maximum atomic E-state index is 11.2. The molecule has 0 saturated heterocycles. The van der Waals surface area contributed by atoms with Gasteiger partial charge in [-0.15, -0.1) is 6.58 Å². The number of rotatable bonds is 7. The number of hydrogen-bond donors (Lipinski definition) is 2. The van der Waals surface area contributed by atoms with E-state index in [1.807, 2.05) is 6.92 Å². The summed E-state index contributed by atoms with van der Waals surface area (Å²) >= 11 is 0. The fourth-order valence-electron chi connectivity index (χ4n) is 0.900. The van der Waals surface area contributed by atoms with Crippen LogP contribution in [0.4, 0.5) is 0 Å². The second-order valence-corrected chi connectivity index (χ2v) is 3.94. The van der Waals surface area contributed by atoms with Gasteiger partial charge in [0.25, 0.3) is 0 Å². The zero-order valence-electron chi connectivity index (χ0n) is 9.47. The van der Waals surface area contributed by atoms with Crippen LogP contribution >= 0.6 is 0 Å².